The number of benzene rings is 1. The maximum atomic E-state index is 12.8. The molecule has 29 heavy (non-hydrogen) atoms. The standard InChI is InChI=1S/C23H31N3O2S/c1-17(2)25(3)15-19-9-5-4-8-18(19)14-24-22(27)20-10-6-12-26(16-20)23(28)21-11-7-13-29-21/h4-5,7-9,11,13,17,20H,6,10,12,14-16H2,1-3H3,(H,24,27). The van der Waals surface area contributed by atoms with Gasteiger partial charge in [0.1, 0.15) is 0 Å². The van der Waals surface area contributed by atoms with Crippen molar-refractivity contribution < 1.29 is 9.59 Å². The lowest BCUT2D eigenvalue weighted by molar-refractivity contribution is -0.126. The minimum Gasteiger partial charge on any atom is -0.352 e. The van der Waals surface area contributed by atoms with Crippen molar-refractivity contribution in [2.75, 3.05) is 20.1 Å². The lowest BCUT2D eigenvalue weighted by Gasteiger charge is -2.32. The van der Waals surface area contributed by atoms with Crippen LogP contribution in [0.5, 0.6) is 0 Å². The van der Waals surface area contributed by atoms with Crippen molar-refractivity contribution in [2.24, 2.45) is 5.92 Å². The van der Waals surface area contributed by atoms with Crippen LogP contribution in [0, 0.1) is 5.92 Å². The van der Waals surface area contributed by atoms with Crippen molar-refractivity contribution in [1.82, 2.24) is 15.1 Å². The van der Waals surface area contributed by atoms with Crippen molar-refractivity contribution in [3.8, 4) is 0 Å². The Kier molecular flexibility index (Phi) is 7.45. The molecule has 156 valence electrons. The normalized spacial score (nSPS) is 17.0. The number of piperidine rings is 1. The summed E-state index contributed by atoms with van der Waals surface area (Å²) in [5.74, 6) is -0.0570. The van der Waals surface area contributed by atoms with Crippen molar-refractivity contribution in [3.05, 3.63) is 57.8 Å². The van der Waals surface area contributed by atoms with Gasteiger partial charge in [0.05, 0.1) is 10.8 Å². The van der Waals surface area contributed by atoms with E-state index in [1.165, 1.54) is 16.9 Å². The first-order chi connectivity index (χ1) is 14.0. The maximum absolute atomic E-state index is 12.8. The van der Waals surface area contributed by atoms with Gasteiger partial charge in [0.15, 0.2) is 0 Å². The van der Waals surface area contributed by atoms with E-state index in [-0.39, 0.29) is 17.7 Å². The number of carbonyl (C=O) groups is 2. The van der Waals surface area contributed by atoms with Gasteiger partial charge in [-0.05, 0) is 56.3 Å². The molecule has 2 amide bonds. The zero-order valence-electron chi connectivity index (χ0n) is 17.6. The third-order valence-corrected chi connectivity index (χ3v) is 6.54. The van der Waals surface area contributed by atoms with E-state index >= 15 is 0 Å². The minimum absolute atomic E-state index is 0.0413. The lowest BCUT2D eigenvalue weighted by atomic mass is 9.96. The molecule has 3 rings (SSSR count). The molecule has 0 saturated carbocycles. The highest BCUT2D eigenvalue weighted by Crippen LogP contribution is 2.21. The molecule has 1 aromatic carbocycles. The van der Waals surface area contributed by atoms with E-state index in [9.17, 15) is 9.59 Å². The lowest BCUT2D eigenvalue weighted by Crippen LogP contribution is -2.45. The Morgan fingerprint density at radius 1 is 1.21 bits per heavy atom. The molecule has 1 saturated heterocycles. The van der Waals surface area contributed by atoms with Crippen LogP contribution < -0.4 is 5.32 Å². The van der Waals surface area contributed by atoms with Gasteiger partial charge in [-0.1, -0.05) is 30.3 Å². The van der Waals surface area contributed by atoms with Crippen LogP contribution in [0.2, 0.25) is 0 Å². The fourth-order valence-corrected chi connectivity index (χ4v) is 4.28. The predicted molar refractivity (Wildman–Crippen MR) is 118 cm³/mol. The van der Waals surface area contributed by atoms with Crippen LogP contribution in [-0.4, -0.2) is 47.8 Å². The van der Waals surface area contributed by atoms with Gasteiger partial charge in [0, 0.05) is 32.2 Å². The molecule has 5 nitrogen and oxygen atoms in total. The Morgan fingerprint density at radius 3 is 2.66 bits per heavy atom. The zero-order chi connectivity index (χ0) is 20.8. The van der Waals surface area contributed by atoms with Crippen LogP contribution in [0.15, 0.2) is 41.8 Å². The average Bonchev–Trinajstić information content (AvgIpc) is 3.27. The fourth-order valence-electron chi connectivity index (χ4n) is 3.59. The quantitative estimate of drug-likeness (QED) is 0.752. The van der Waals surface area contributed by atoms with Gasteiger partial charge < -0.3 is 10.2 Å². The highest BCUT2D eigenvalue weighted by molar-refractivity contribution is 7.12. The van der Waals surface area contributed by atoms with Gasteiger partial charge in [-0.3, -0.25) is 14.5 Å². The second-order valence-electron chi connectivity index (χ2n) is 8.06. The smallest absolute Gasteiger partial charge is 0.263 e. The summed E-state index contributed by atoms with van der Waals surface area (Å²) in [4.78, 5) is 30.3. The molecule has 0 bridgehead atoms. The largest absolute Gasteiger partial charge is 0.352 e. The van der Waals surface area contributed by atoms with Crippen molar-refractivity contribution in [3.63, 3.8) is 0 Å². The SMILES string of the molecule is CC(C)N(C)Cc1ccccc1CNC(=O)C1CCCN(C(=O)c2cccs2)C1. The third-order valence-electron chi connectivity index (χ3n) is 5.68. The molecule has 1 atom stereocenters. The van der Waals surface area contributed by atoms with E-state index in [0.29, 0.717) is 19.1 Å². The predicted octanol–water partition coefficient (Wildman–Crippen LogP) is 3.76. The summed E-state index contributed by atoms with van der Waals surface area (Å²) in [6.07, 6.45) is 1.70. The van der Waals surface area contributed by atoms with Crippen LogP contribution in [0.4, 0.5) is 0 Å². The summed E-state index contributed by atoms with van der Waals surface area (Å²) in [5.41, 5.74) is 2.39. The number of hydrogen-bond acceptors (Lipinski definition) is 4. The van der Waals surface area contributed by atoms with Gasteiger partial charge in [-0.25, -0.2) is 0 Å². The molecule has 1 N–H and O–H groups in total. The number of amides is 2. The van der Waals surface area contributed by atoms with Gasteiger partial charge in [0.25, 0.3) is 5.91 Å². The number of hydrogen-bond donors (Lipinski definition) is 1. The Morgan fingerprint density at radius 2 is 1.97 bits per heavy atom. The van der Waals surface area contributed by atoms with Crippen LogP contribution >= 0.6 is 11.3 Å². The molecular formula is C23H31N3O2S. The number of nitrogens with one attached hydrogen (secondary N) is 1. The number of nitrogens with zero attached hydrogens (tertiary/aromatic N) is 2. The molecule has 2 aromatic rings. The summed E-state index contributed by atoms with van der Waals surface area (Å²) < 4.78 is 0. The molecule has 2 heterocycles. The fraction of sp³-hybridized carbons (Fsp3) is 0.478. The van der Waals surface area contributed by atoms with E-state index in [4.69, 9.17) is 0 Å². The molecule has 0 spiro atoms. The molecule has 0 radical (unpaired) electrons. The van der Waals surface area contributed by atoms with E-state index in [1.54, 1.807) is 0 Å². The van der Waals surface area contributed by atoms with Gasteiger partial charge in [0.2, 0.25) is 5.91 Å². The Bertz CT molecular complexity index is 819. The monoisotopic (exact) mass is 413 g/mol. The first kappa shape index (κ1) is 21.5. The maximum Gasteiger partial charge on any atom is 0.263 e. The summed E-state index contributed by atoms with van der Waals surface area (Å²) in [7, 11) is 2.11. The molecule has 0 aliphatic carbocycles. The highest BCUT2D eigenvalue weighted by Gasteiger charge is 2.29. The first-order valence-electron chi connectivity index (χ1n) is 10.3. The van der Waals surface area contributed by atoms with Gasteiger partial charge >= 0.3 is 0 Å². The molecule has 6 heteroatoms. The van der Waals surface area contributed by atoms with Gasteiger partial charge in [-0.2, -0.15) is 0 Å². The topological polar surface area (TPSA) is 52.7 Å². The van der Waals surface area contributed by atoms with E-state index < -0.39 is 0 Å². The van der Waals surface area contributed by atoms with E-state index in [2.05, 4.69) is 43.2 Å². The Hall–Kier alpha value is -2.18. The van der Waals surface area contributed by atoms with Crippen LogP contribution in [0.1, 0.15) is 47.5 Å². The third kappa shape index (κ3) is 5.67. The summed E-state index contributed by atoms with van der Waals surface area (Å²) in [5, 5.41) is 5.03. The van der Waals surface area contributed by atoms with Crippen LogP contribution in [0.25, 0.3) is 0 Å². The Labute approximate surface area is 177 Å². The summed E-state index contributed by atoms with van der Waals surface area (Å²) in [6, 6.07) is 12.5. The van der Waals surface area contributed by atoms with Crippen LogP contribution in [-0.2, 0) is 17.9 Å². The number of thiophene rings is 1. The molecule has 1 aliphatic heterocycles. The molecule has 1 unspecified atom stereocenters. The summed E-state index contributed by atoms with van der Waals surface area (Å²) >= 11 is 1.45. The molecule has 1 aromatic heterocycles. The van der Waals surface area contributed by atoms with E-state index in [1.807, 2.05) is 34.5 Å². The second-order valence-corrected chi connectivity index (χ2v) is 9.01. The van der Waals surface area contributed by atoms with Crippen molar-refractivity contribution in [1.29, 1.82) is 0 Å². The zero-order valence-corrected chi connectivity index (χ0v) is 18.4. The highest BCUT2D eigenvalue weighted by atomic mass is 32.1. The van der Waals surface area contributed by atoms with Crippen molar-refractivity contribution >= 4 is 23.2 Å². The molecular weight excluding hydrogens is 382 g/mol. The van der Waals surface area contributed by atoms with E-state index in [0.717, 1.165) is 36.4 Å². The first-order valence-corrected chi connectivity index (χ1v) is 11.2. The van der Waals surface area contributed by atoms with Crippen molar-refractivity contribution in [2.45, 2.75) is 45.8 Å². The number of carbonyl (C=O) groups excluding carboxylic acids is 2. The molecule has 1 aliphatic rings. The van der Waals surface area contributed by atoms with Crippen LogP contribution in [0.3, 0.4) is 0 Å². The number of rotatable bonds is 7. The Balaban J connectivity index is 1.57. The second kappa shape index (κ2) is 10.0. The van der Waals surface area contributed by atoms with Gasteiger partial charge in [-0.15, -0.1) is 11.3 Å². The summed E-state index contributed by atoms with van der Waals surface area (Å²) in [6.45, 7) is 6.96. The molecule has 1 fully saturated rings. The minimum atomic E-state index is -0.141. The number of likely N-dealkylation sites (tertiary alicyclic amines) is 1. The average molecular weight is 414 g/mol.